The highest BCUT2D eigenvalue weighted by Crippen LogP contribution is 2.21. The predicted molar refractivity (Wildman–Crippen MR) is 47.1 cm³/mol. The average molecular weight is 250 g/mol. The zero-order valence-corrected chi connectivity index (χ0v) is 9.13. The normalized spacial score (nSPS) is 12.7. The maximum absolute atomic E-state index is 10.7. The van der Waals surface area contributed by atoms with Crippen molar-refractivity contribution in [1.29, 1.82) is 0 Å². The Kier molecular flexibility index (Phi) is 2.88. The Morgan fingerprint density at radius 2 is 1.40 bits per heavy atom. The molecule has 0 saturated heterocycles. The van der Waals surface area contributed by atoms with E-state index in [0.717, 1.165) is 12.1 Å². The van der Waals surface area contributed by atoms with Crippen molar-refractivity contribution >= 4 is 20.2 Å². The van der Waals surface area contributed by atoms with Crippen LogP contribution in [-0.2, 0) is 20.2 Å². The Hall–Kier alpha value is -0.960. The van der Waals surface area contributed by atoms with Crippen LogP contribution in [0.3, 0.4) is 0 Å². The van der Waals surface area contributed by atoms with E-state index >= 15 is 0 Å². The first-order valence-electron chi connectivity index (χ1n) is 3.65. The van der Waals surface area contributed by atoms with Crippen LogP contribution >= 0.6 is 0 Å². The van der Waals surface area contributed by atoms with Crippen molar-refractivity contribution in [2.24, 2.45) is 0 Å². The Morgan fingerprint density at radius 3 is 1.80 bits per heavy atom. The molecule has 15 heavy (non-hydrogen) atoms. The molecule has 1 aromatic carbocycles. The van der Waals surface area contributed by atoms with Crippen molar-refractivity contribution in [2.75, 3.05) is 0 Å². The van der Waals surface area contributed by atoms with Gasteiger partial charge < -0.3 is 9.11 Å². The third-order valence-electron chi connectivity index (χ3n) is 1.64. The van der Waals surface area contributed by atoms with E-state index < -0.39 is 30.0 Å². The van der Waals surface area contributed by atoms with E-state index in [-0.39, 0.29) is 0 Å². The fourth-order valence-corrected chi connectivity index (χ4v) is 2.81. The van der Waals surface area contributed by atoms with Crippen molar-refractivity contribution in [3.8, 4) is 0 Å². The topological polar surface area (TPSA) is 114 Å². The highest BCUT2D eigenvalue weighted by molar-refractivity contribution is 7.89. The van der Waals surface area contributed by atoms with Crippen molar-refractivity contribution in [1.82, 2.24) is 0 Å². The number of benzene rings is 1. The summed E-state index contributed by atoms with van der Waals surface area (Å²) in [6, 6.07) is 2.90. The van der Waals surface area contributed by atoms with E-state index in [2.05, 4.69) is 0 Å². The molecule has 0 heterocycles. The van der Waals surface area contributed by atoms with Gasteiger partial charge in [0.25, 0.3) is 0 Å². The molecule has 0 aromatic heterocycles. The van der Waals surface area contributed by atoms with Gasteiger partial charge in [-0.05, 0) is 24.6 Å². The van der Waals surface area contributed by atoms with Crippen molar-refractivity contribution in [3.05, 3.63) is 23.8 Å². The van der Waals surface area contributed by atoms with Crippen LogP contribution in [0.25, 0.3) is 0 Å². The van der Waals surface area contributed by atoms with Crippen LogP contribution in [0.4, 0.5) is 0 Å². The lowest BCUT2D eigenvalue weighted by atomic mass is 10.2. The molecule has 0 N–H and O–H groups in total. The minimum absolute atomic E-state index is 0.372. The molecule has 84 valence electrons. The average Bonchev–Trinajstić information content (AvgIpc) is 2.00. The first-order valence-corrected chi connectivity index (χ1v) is 6.46. The molecular formula is C7H6O6S2-2. The molecule has 0 bridgehead atoms. The molecule has 0 aliphatic heterocycles. The minimum Gasteiger partial charge on any atom is -0.744 e. The number of rotatable bonds is 2. The first kappa shape index (κ1) is 12.1. The maximum atomic E-state index is 10.7. The molecule has 0 aliphatic rings. The quantitative estimate of drug-likeness (QED) is 0.671. The molecule has 0 fully saturated rings. The Morgan fingerprint density at radius 1 is 0.933 bits per heavy atom. The Labute approximate surface area is 87.1 Å². The molecule has 0 aliphatic carbocycles. The van der Waals surface area contributed by atoms with Gasteiger partial charge in [-0.15, -0.1) is 0 Å². The van der Waals surface area contributed by atoms with E-state index in [0.29, 0.717) is 5.56 Å². The van der Waals surface area contributed by atoms with Crippen molar-refractivity contribution < 1.29 is 25.9 Å². The summed E-state index contributed by atoms with van der Waals surface area (Å²) in [5.74, 6) is 0. The third kappa shape index (κ3) is 2.75. The smallest absolute Gasteiger partial charge is 0.125 e. The van der Waals surface area contributed by atoms with E-state index in [1.165, 1.54) is 13.0 Å². The zero-order chi connectivity index (χ0) is 11.9. The molecule has 0 spiro atoms. The van der Waals surface area contributed by atoms with Gasteiger partial charge in [0.15, 0.2) is 0 Å². The van der Waals surface area contributed by atoms with Crippen molar-refractivity contribution in [3.63, 3.8) is 0 Å². The highest BCUT2D eigenvalue weighted by Gasteiger charge is 2.13. The van der Waals surface area contributed by atoms with Crippen LogP contribution in [0.5, 0.6) is 0 Å². The molecule has 1 aromatic rings. The standard InChI is InChI=1S/C7H8O6S2/c1-5-2-3-6(14(8,9)10)7(4-5)15(11,12)13/h2-4H,1H3,(H,8,9,10)(H,11,12,13)/p-2. The Balaban J connectivity index is 3.71. The van der Waals surface area contributed by atoms with Crippen LogP contribution in [0.1, 0.15) is 5.56 Å². The van der Waals surface area contributed by atoms with E-state index in [9.17, 15) is 25.9 Å². The van der Waals surface area contributed by atoms with E-state index in [4.69, 9.17) is 0 Å². The Bertz CT molecular complexity index is 584. The molecule has 0 radical (unpaired) electrons. The zero-order valence-electron chi connectivity index (χ0n) is 7.50. The summed E-state index contributed by atoms with van der Waals surface area (Å²) in [6.07, 6.45) is 0. The van der Waals surface area contributed by atoms with Crippen molar-refractivity contribution in [2.45, 2.75) is 16.7 Å². The summed E-state index contributed by atoms with van der Waals surface area (Å²) in [5, 5.41) is 0. The maximum Gasteiger partial charge on any atom is 0.125 e. The predicted octanol–water partition coefficient (Wildman–Crippen LogP) is -0.197. The summed E-state index contributed by atoms with van der Waals surface area (Å²) < 4.78 is 64.0. The van der Waals surface area contributed by atoms with Gasteiger partial charge in [0, 0.05) is 0 Å². The van der Waals surface area contributed by atoms with Gasteiger partial charge in [0.1, 0.15) is 20.2 Å². The van der Waals surface area contributed by atoms with E-state index in [1.807, 2.05) is 0 Å². The number of aryl methyl sites for hydroxylation is 1. The van der Waals surface area contributed by atoms with Gasteiger partial charge >= 0.3 is 0 Å². The molecule has 0 amide bonds. The summed E-state index contributed by atoms with van der Waals surface area (Å²) in [4.78, 5) is -2.01. The molecule has 6 nitrogen and oxygen atoms in total. The van der Waals surface area contributed by atoms with Crippen LogP contribution in [0.15, 0.2) is 28.0 Å². The highest BCUT2D eigenvalue weighted by atomic mass is 32.2. The van der Waals surface area contributed by atoms with Crippen LogP contribution < -0.4 is 0 Å². The van der Waals surface area contributed by atoms with Gasteiger partial charge in [0.2, 0.25) is 0 Å². The monoisotopic (exact) mass is 250 g/mol. The second kappa shape index (κ2) is 3.56. The molecule has 0 saturated carbocycles. The van der Waals surface area contributed by atoms with Gasteiger partial charge in [-0.2, -0.15) is 0 Å². The second-order valence-corrected chi connectivity index (χ2v) is 5.55. The van der Waals surface area contributed by atoms with E-state index in [1.54, 1.807) is 0 Å². The first-order chi connectivity index (χ1) is 6.62. The van der Waals surface area contributed by atoms with Crippen LogP contribution in [-0.4, -0.2) is 25.9 Å². The minimum atomic E-state index is -4.97. The third-order valence-corrected chi connectivity index (χ3v) is 3.54. The lowest BCUT2D eigenvalue weighted by molar-refractivity contribution is 0.447. The van der Waals surface area contributed by atoms with Crippen LogP contribution in [0.2, 0.25) is 0 Å². The molecule has 0 unspecified atom stereocenters. The summed E-state index contributed by atoms with van der Waals surface area (Å²) in [6.45, 7) is 1.47. The SMILES string of the molecule is Cc1ccc(S(=O)(=O)[O-])c(S(=O)(=O)[O-])c1. The molecule has 8 heteroatoms. The van der Waals surface area contributed by atoms with Gasteiger partial charge in [-0.3, -0.25) is 0 Å². The molecule has 0 atom stereocenters. The molecule has 1 rings (SSSR count). The largest absolute Gasteiger partial charge is 0.744 e. The van der Waals surface area contributed by atoms with Gasteiger partial charge in [0.05, 0.1) is 9.79 Å². The lowest BCUT2D eigenvalue weighted by Crippen LogP contribution is -2.09. The number of hydrogen-bond acceptors (Lipinski definition) is 6. The van der Waals surface area contributed by atoms with Crippen LogP contribution in [0, 0.1) is 6.92 Å². The summed E-state index contributed by atoms with van der Waals surface area (Å²) in [7, 11) is -9.93. The lowest BCUT2D eigenvalue weighted by Gasteiger charge is -2.15. The second-order valence-electron chi connectivity index (χ2n) is 2.86. The fourth-order valence-electron chi connectivity index (χ4n) is 1.02. The summed E-state index contributed by atoms with van der Waals surface area (Å²) >= 11 is 0. The summed E-state index contributed by atoms with van der Waals surface area (Å²) in [5.41, 5.74) is 0.372. The number of hydrogen-bond donors (Lipinski definition) is 0. The van der Waals surface area contributed by atoms with Gasteiger partial charge in [-0.1, -0.05) is 6.07 Å². The molecular weight excluding hydrogens is 244 g/mol. The van der Waals surface area contributed by atoms with Gasteiger partial charge in [-0.25, -0.2) is 16.8 Å². The fraction of sp³-hybridized carbons (Fsp3) is 0.143.